The van der Waals surface area contributed by atoms with E-state index in [2.05, 4.69) is 16.1 Å². The molecular formula is C5H5N3. The fraction of sp³-hybridized carbons (Fsp3) is 0.200. The molecule has 1 rings (SSSR count). The first-order valence-electron chi connectivity index (χ1n) is 2.16. The predicted molar refractivity (Wildman–Crippen MR) is 28.9 cm³/mol. The molecule has 0 bridgehead atoms. The number of hydrogen-bond acceptors (Lipinski definition) is 2. The van der Waals surface area contributed by atoms with Crippen molar-refractivity contribution < 1.29 is 0 Å². The minimum Gasteiger partial charge on any atom is -0.187 e. The van der Waals surface area contributed by atoms with Gasteiger partial charge in [-0.05, 0) is 5.92 Å². The van der Waals surface area contributed by atoms with Gasteiger partial charge in [-0.25, -0.2) is 0 Å². The van der Waals surface area contributed by atoms with E-state index in [1.807, 2.05) is 0 Å². The molecule has 0 fully saturated rings. The summed E-state index contributed by atoms with van der Waals surface area (Å²) in [4.78, 5) is 1.43. The number of terminal acetylenes is 1. The maximum absolute atomic E-state index is 5.00. The normalized spacial score (nSPS) is 8.50. The Balaban J connectivity index is 3.05. The maximum atomic E-state index is 5.00. The van der Waals surface area contributed by atoms with Crippen LogP contribution in [-0.2, 0) is 7.05 Å². The average Bonchev–Trinajstić information content (AvgIpc) is 2.14. The number of aromatic nitrogens is 3. The summed E-state index contributed by atoms with van der Waals surface area (Å²) in [6.07, 6.45) is 6.54. The highest BCUT2D eigenvalue weighted by atomic mass is 15.4. The Bertz CT molecular complexity index is 218. The lowest BCUT2D eigenvalue weighted by atomic mass is 10.5. The first-order chi connectivity index (χ1) is 3.83. The first-order valence-corrected chi connectivity index (χ1v) is 2.16. The van der Waals surface area contributed by atoms with Crippen molar-refractivity contribution in [2.24, 2.45) is 7.05 Å². The molecule has 3 heteroatoms. The number of nitrogens with zero attached hydrogens (tertiary/aromatic N) is 3. The Morgan fingerprint density at radius 1 is 1.88 bits per heavy atom. The van der Waals surface area contributed by atoms with E-state index in [0.717, 1.165) is 0 Å². The van der Waals surface area contributed by atoms with Gasteiger partial charge in [0.15, 0.2) is 5.69 Å². The lowest BCUT2D eigenvalue weighted by Crippen LogP contribution is -1.91. The van der Waals surface area contributed by atoms with E-state index in [1.165, 1.54) is 4.80 Å². The van der Waals surface area contributed by atoms with Crippen LogP contribution < -0.4 is 0 Å². The second-order valence-corrected chi connectivity index (χ2v) is 1.36. The molecular weight excluding hydrogens is 102 g/mol. The molecule has 0 atom stereocenters. The van der Waals surface area contributed by atoms with Gasteiger partial charge in [-0.15, -0.1) is 11.5 Å². The molecule has 1 aromatic rings. The summed E-state index contributed by atoms with van der Waals surface area (Å²) in [7, 11) is 1.72. The summed E-state index contributed by atoms with van der Waals surface area (Å²) in [5.74, 6) is 2.35. The van der Waals surface area contributed by atoms with Crippen molar-refractivity contribution in [3.8, 4) is 12.3 Å². The van der Waals surface area contributed by atoms with Crippen LogP contribution >= 0.6 is 0 Å². The molecule has 1 aromatic heterocycles. The molecule has 1 heterocycles. The topological polar surface area (TPSA) is 30.7 Å². The minimum absolute atomic E-state index is 0.576. The second kappa shape index (κ2) is 1.66. The summed E-state index contributed by atoms with van der Waals surface area (Å²) in [5.41, 5.74) is 0.576. The Kier molecular flexibility index (Phi) is 1.01. The van der Waals surface area contributed by atoms with Crippen LogP contribution in [0.3, 0.4) is 0 Å². The molecule has 0 aromatic carbocycles. The third-order valence-electron chi connectivity index (χ3n) is 0.747. The van der Waals surface area contributed by atoms with Crippen LogP contribution in [0, 0.1) is 12.3 Å². The average molecular weight is 107 g/mol. The van der Waals surface area contributed by atoms with Crippen molar-refractivity contribution in [3.05, 3.63) is 11.9 Å². The summed E-state index contributed by atoms with van der Waals surface area (Å²) in [5, 5.41) is 7.55. The van der Waals surface area contributed by atoms with Crippen molar-refractivity contribution >= 4 is 0 Å². The monoisotopic (exact) mass is 107 g/mol. The Hall–Kier alpha value is -1.30. The zero-order valence-corrected chi connectivity index (χ0v) is 4.50. The molecule has 8 heavy (non-hydrogen) atoms. The quantitative estimate of drug-likeness (QED) is 0.430. The first kappa shape index (κ1) is 4.85. The fourth-order valence-electron chi connectivity index (χ4n) is 0.412. The highest BCUT2D eigenvalue weighted by Gasteiger charge is 1.87. The molecule has 0 aliphatic heterocycles. The van der Waals surface area contributed by atoms with Crippen LogP contribution in [0.25, 0.3) is 0 Å². The standard InChI is InChI=1S/C5H5N3/c1-3-5-4-6-8(2)7-5/h1,4H,2H3. The number of rotatable bonds is 0. The van der Waals surface area contributed by atoms with Crippen molar-refractivity contribution in [1.82, 2.24) is 15.0 Å². The molecule has 0 N–H and O–H groups in total. The molecule has 0 saturated carbocycles. The van der Waals surface area contributed by atoms with Crippen LogP contribution in [0.15, 0.2) is 6.20 Å². The van der Waals surface area contributed by atoms with Crippen LogP contribution in [0.5, 0.6) is 0 Å². The zero-order chi connectivity index (χ0) is 5.98. The molecule has 40 valence electrons. The summed E-state index contributed by atoms with van der Waals surface area (Å²) < 4.78 is 0. The van der Waals surface area contributed by atoms with Crippen LogP contribution in [-0.4, -0.2) is 15.0 Å². The molecule has 0 amide bonds. The third kappa shape index (κ3) is 0.684. The lowest BCUT2D eigenvalue weighted by Gasteiger charge is -1.76. The van der Waals surface area contributed by atoms with Gasteiger partial charge < -0.3 is 0 Å². The summed E-state index contributed by atoms with van der Waals surface area (Å²) in [6, 6.07) is 0. The van der Waals surface area contributed by atoms with Gasteiger partial charge >= 0.3 is 0 Å². The minimum atomic E-state index is 0.576. The SMILES string of the molecule is C#Cc1cnn(C)n1. The summed E-state index contributed by atoms with van der Waals surface area (Å²) in [6.45, 7) is 0. The van der Waals surface area contributed by atoms with E-state index in [0.29, 0.717) is 5.69 Å². The van der Waals surface area contributed by atoms with E-state index in [4.69, 9.17) is 6.42 Å². The van der Waals surface area contributed by atoms with Crippen molar-refractivity contribution in [1.29, 1.82) is 0 Å². The lowest BCUT2D eigenvalue weighted by molar-refractivity contribution is 0.652. The van der Waals surface area contributed by atoms with E-state index < -0.39 is 0 Å². The van der Waals surface area contributed by atoms with Crippen LogP contribution in [0.1, 0.15) is 5.69 Å². The van der Waals surface area contributed by atoms with Crippen molar-refractivity contribution in [2.45, 2.75) is 0 Å². The van der Waals surface area contributed by atoms with E-state index in [-0.39, 0.29) is 0 Å². The maximum Gasteiger partial charge on any atom is 0.155 e. The second-order valence-electron chi connectivity index (χ2n) is 1.36. The predicted octanol–water partition coefficient (Wildman–Crippen LogP) is -0.204. The van der Waals surface area contributed by atoms with Gasteiger partial charge in [0, 0.05) is 7.05 Å². The highest BCUT2D eigenvalue weighted by Crippen LogP contribution is 1.82. The highest BCUT2D eigenvalue weighted by molar-refractivity contribution is 5.18. The largest absolute Gasteiger partial charge is 0.187 e. The van der Waals surface area contributed by atoms with Crippen molar-refractivity contribution in [2.75, 3.05) is 0 Å². The third-order valence-corrected chi connectivity index (χ3v) is 0.747. The van der Waals surface area contributed by atoms with E-state index >= 15 is 0 Å². The number of aryl methyl sites for hydroxylation is 1. The van der Waals surface area contributed by atoms with Gasteiger partial charge in [-0.2, -0.15) is 9.90 Å². The fourth-order valence-corrected chi connectivity index (χ4v) is 0.412. The zero-order valence-electron chi connectivity index (χ0n) is 4.50. The smallest absolute Gasteiger partial charge is 0.155 e. The van der Waals surface area contributed by atoms with Gasteiger partial charge in [0.05, 0.1) is 6.20 Å². The summed E-state index contributed by atoms with van der Waals surface area (Å²) >= 11 is 0. The van der Waals surface area contributed by atoms with E-state index in [1.54, 1.807) is 13.2 Å². The molecule has 0 unspecified atom stereocenters. The molecule has 3 nitrogen and oxygen atoms in total. The number of hydrogen-bond donors (Lipinski definition) is 0. The van der Waals surface area contributed by atoms with Crippen LogP contribution in [0.4, 0.5) is 0 Å². The van der Waals surface area contributed by atoms with Gasteiger partial charge in [0.2, 0.25) is 0 Å². The van der Waals surface area contributed by atoms with Gasteiger partial charge in [-0.1, -0.05) is 0 Å². The van der Waals surface area contributed by atoms with Gasteiger partial charge in [0.1, 0.15) is 0 Å². The van der Waals surface area contributed by atoms with Crippen molar-refractivity contribution in [3.63, 3.8) is 0 Å². The molecule has 0 radical (unpaired) electrons. The van der Waals surface area contributed by atoms with Crippen LogP contribution in [0.2, 0.25) is 0 Å². The Morgan fingerprint density at radius 3 is 2.88 bits per heavy atom. The molecule has 0 saturated heterocycles. The molecule has 0 aliphatic carbocycles. The Labute approximate surface area is 47.3 Å². The molecule has 0 spiro atoms. The van der Waals surface area contributed by atoms with Gasteiger partial charge in [0.25, 0.3) is 0 Å². The van der Waals surface area contributed by atoms with Gasteiger partial charge in [-0.3, -0.25) is 0 Å². The van der Waals surface area contributed by atoms with E-state index in [9.17, 15) is 0 Å². The Morgan fingerprint density at radius 2 is 2.62 bits per heavy atom. The molecule has 0 aliphatic rings.